The van der Waals surface area contributed by atoms with Crippen molar-refractivity contribution in [3.05, 3.63) is 47.2 Å². The Morgan fingerprint density at radius 2 is 2.22 bits per heavy atom. The van der Waals surface area contributed by atoms with Crippen LogP contribution in [0.2, 0.25) is 5.02 Å². The SMILES string of the molecule is NCC1(c2ccc(-n3cccn3)c(Cl)c2)CCC1. The van der Waals surface area contributed by atoms with Crippen LogP contribution in [0.5, 0.6) is 0 Å². The zero-order valence-corrected chi connectivity index (χ0v) is 10.9. The molecule has 4 heteroatoms. The molecular formula is C14H16ClN3. The van der Waals surface area contributed by atoms with Crippen molar-refractivity contribution in [3.8, 4) is 5.69 Å². The molecule has 0 radical (unpaired) electrons. The molecule has 1 fully saturated rings. The topological polar surface area (TPSA) is 43.8 Å². The van der Waals surface area contributed by atoms with Gasteiger partial charge in [-0.05, 0) is 36.6 Å². The third-order valence-electron chi connectivity index (χ3n) is 4.01. The summed E-state index contributed by atoms with van der Waals surface area (Å²) in [6.07, 6.45) is 7.23. The fourth-order valence-corrected chi connectivity index (χ4v) is 2.92. The summed E-state index contributed by atoms with van der Waals surface area (Å²) >= 11 is 6.36. The van der Waals surface area contributed by atoms with Crippen LogP contribution in [0.3, 0.4) is 0 Å². The van der Waals surface area contributed by atoms with E-state index in [0.29, 0.717) is 6.54 Å². The van der Waals surface area contributed by atoms with Crippen LogP contribution >= 0.6 is 11.6 Å². The maximum absolute atomic E-state index is 6.36. The van der Waals surface area contributed by atoms with Crippen molar-refractivity contribution in [2.45, 2.75) is 24.7 Å². The second kappa shape index (κ2) is 4.41. The number of benzene rings is 1. The first-order valence-corrected chi connectivity index (χ1v) is 6.63. The van der Waals surface area contributed by atoms with Gasteiger partial charge in [-0.25, -0.2) is 4.68 Å². The largest absolute Gasteiger partial charge is 0.330 e. The van der Waals surface area contributed by atoms with E-state index in [2.05, 4.69) is 11.2 Å². The first-order valence-electron chi connectivity index (χ1n) is 6.25. The molecule has 1 aliphatic carbocycles. The van der Waals surface area contributed by atoms with Gasteiger partial charge >= 0.3 is 0 Å². The highest BCUT2D eigenvalue weighted by atomic mass is 35.5. The van der Waals surface area contributed by atoms with Gasteiger partial charge in [0.25, 0.3) is 0 Å². The normalized spacial score (nSPS) is 17.4. The Kier molecular flexibility index (Phi) is 2.88. The lowest BCUT2D eigenvalue weighted by atomic mass is 9.64. The summed E-state index contributed by atoms with van der Waals surface area (Å²) in [6.45, 7) is 0.699. The van der Waals surface area contributed by atoms with E-state index in [1.807, 2.05) is 24.4 Å². The summed E-state index contributed by atoms with van der Waals surface area (Å²) in [5.41, 5.74) is 8.26. The van der Waals surface area contributed by atoms with Crippen molar-refractivity contribution in [1.82, 2.24) is 9.78 Å². The van der Waals surface area contributed by atoms with Crippen molar-refractivity contribution in [2.75, 3.05) is 6.54 Å². The molecule has 0 saturated heterocycles. The highest BCUT2D eigenvalue weighted by molar-refractivity contribution is 6.32. The zero-order chi connectivity index (χ0) is 12.6. The van der Waals surface area contributed by atoms with Crippen molar-refractivity contribution in [3.63, 3.8) is 0 Å². The van der Waals surface area contributed by atoms with Crippen LogP contribution in [0, 0.1) is 0 Å². The van der Waals surface area contributed by atoms with Crippen molar-refractivity contribution in [1.29, 1.82) is 0 Å². The Morgan fingerprint density at radius 3 is 2.72 bits per heavy atom. The first-order chi connectivity index (χ1) is 8.75. The van der Waals surface area contributed by atoms with Crippen LogP contribution in [0.4, 0.5) is 0 Å². The summed E-state index contributed by atoms with van der Waals surface area (Å²) in [5.74, 6) is 0. The van der Waals surface area contributed by atoms with Crippen molar-refractivity contribution in [2.24, 2.45) is 5.73 Å². The van der Waals surface area contributed by atoms with Gasteiger partial charge < -0.3 is 5.73 Å². The molecule has 1 aromatic heterocycles. The van der Waals surface area contributed by atoms with Crippen molar-refractivity contribution < 1.29 is 0 Å². The molecule has 0 bridgehead atoms. The lowest BCUT2D eigenvalue weighted by molar-refractivity contribution is 0.253. The predicted octanol–water partition coefficient (Wildman–Crippen LogP) is 2.91. The number of halogens is 1. The van der Waals surface area contributed by atoms with Gasteiger partial charge in [0, 0.05) is 24.4 Å². The smallest absolute Gasteiger partial charge is 0.0831 e. The van der Waals surface area contributed by atoms with Crippen LogP contribution < -0.4 is 5.73 Å². The Hall–Kier alpha value is -1.32. The van der Waals surface area contributed by atoms with Gasteiger partial charge in [-0.15, -0.1) is 0 Å². The van der Waals surface area contributed by atoms with Crippen LogP contribution in [-0.2, 0) is 5.41 Å². The van der Waals surface area contributed by atoms with Crippen LogP contribution in [0.15, 0.2) is 36.7 Å². The van der Waals surface area contributed by atoms with E-state index in [0.717, 1.165) is 10.7 Å². The van der Waals surface area contributed by atoms with E-state index < -0.39 is 0 Å². The predicted molar refractivity (Wildman–Crippen MR) is 73.2 cm³/mol. The number of nitrogens with two attached hydrogens (primary N) is 1. The Labute approximate surface area is 112 Å². The van der Waals surface area contributed by atoms with Gasteiger partial charge in [0.05, 0.1) is 10.7 Å². The lowest BCUT2D eigenvalue weighted by Gasteiger charge is -2.41. The van der Waals surface area contributed by atoms with Crippen molar-refractivity contribution >= 4 is 11.6 Å². The molecule has 0 aliphatic heterocycles. The molecule has 0 atom stereocenters. The number of nitrogens with zero attached hydrogens (tertiary/aromatic N) is 2. The monoisotopic (exact) mass is 261 g/mol. The maximum Gasteiger partial charge on any atom is 0.0831 e. The van der Waals surface area contributed by atoms with Gasteiger partial charge in [-0.2, -0.15) is 5.10 Å². The number of rotatable bonds is 3. The minimum Gasteiger partial charge on any atom is -0.330 e. The Balaban J connectivity index is 1.99. The third-order valence-corrected chi connectivity index (χ3v) is 4.32. The molecule has 3 nitrogen and oxygen atoms in total. The number of hydrogen-bond acceptors (Lipinski definition) is 2. The molecule has 0 amide bonds. The lowest BCUT2D eigenvalue weighted by Crippen LogP contribution is -2.41. The van der Waals surface area contributed by atoms with Gasteiger partial charge in [-0.3, -0.25) is 0 Å². The average Bonchev–Trinajstić information content (AvgIpc) is 2.82. The second-order valence-corrected chi connectivity index (χ2v) is 5.36. The molecule has 18 heavy (non-hydrogen) atoms. The van der Waals surface area contributed by atoms with E-state index in [1.165, 1.54) is 24.8 Å². The molecule has 94 valence electrons. The minimum absolute atomic E-state index is 0.159. The van der Waals surface area contributed by atoms with E-state index >= 15 is 0 Å². The quantitative estimate of drug-likeness (QED) is 0.923. The van der Waals surface area contributed by atoms with E-state index in [-0.39, 0.29) is 5.41 Å². The third kappa shape index (κ3) is 1.74. The van der Waals surface area contributed by atoms with E-state index in [1.54, 1.807) is 10.9 Å². The first kappa shape index (κ1) is 11.8. The van der Waals surface area contributed by atoms with Crippen LogP contribution in [0.1, 0.15) is 24.8 Å². The fraction of sp³-hybridized carbons (Fsp3) is 0.357. The van der Waals surface area contributed by atoms with Crippen LogP contribution in [-0.4, -0.2) is 16.3 Å². The molecule has 2 aromatic rings. The van der Waals surface area contributed by atoms with Gasteiger partial charge in [0.2, 0.25) is 0 Å². The minimum atomic E-state index is 0.159. The molecular weight excluding hydrogens is 246 g/mol. The molecule has 0 unspecified atom stereocenters. The van der Waals surface area contributed by atoms with Gasteiger partial charge in [0.1, 0.15) is 0 Å². The Morgan fingerprint density at radius 1 is 1.39 bits per heavy atom. The molecule has 1 heterocycles. The van der Waals surface area contributed by atoms with E-state index in [4.69, 9.17) is 17.3 Å². The molecule has 3 rings (SSSR count). The van der Waals surface area contributed by atoms with Gasteiger partial charge in [-0.1, -0.05) is 24.1 Å². The van der Waals surface area contributed by atoms with E-state index in [9.17, 15) is 0 Å². The fourth-order valence-electron chi connectivity index (χ4n) is 2.65. The molecule has 1 saturated carbocycles. The summed E-state index contributed by atoms with van der Waals surface area (Å²) < 4.78 is 1.78. The highest BCUT2D eigenvalue weighted by Gasteiger charge is 2.37. The summed E-state index contributed by atoms with van der Waals surface area (Å²) in [5, 5.41) is 4.93. The molecule has 1 aromatic carbocycles. The Bertz CT molecular complexity index is 539. The maximum atomic E-state index is 6.36. The standard InChI is InChI=1S/C14H16ClN3/c15-12-9-11(14(10-16)5-1-6-14)3-4-13(12)18-8-2-7-17-18/h2-4,7-9H,1,5-6,10,16H2. The highest BCUT2D eigenvalue weighted by Crippen LogP contribution is 2.43. The van der Waals surface area contributed by atoms with Gasteiger partial charge in [0.15, 0.2) is 0 Å². The summed E-state index contributed by atoms with van der Waals surface area (Å²) in [7, 11) is 0. The molecule has 0 spiro atoms. The average molecular weight is 262 g/mol. The number of aromatic nitrogens is 2. The number of hydrogen-bond donors (Lipinski definition) is 1. The molecule has 2 N–H and O–H groups in total. The molecule has 1 aliphatic rings. The second-order valence-electron chi connectivity index (χ2n) is 4.95. The summed E-state index contributed by atoms with van der Waals surface area (Å²) in [4.78, 5) is 0. The van der Waals surface area contributed by atoms with Crippen LogP contribution in [0.25, 0.3) is 5.69 Å². The summed E-state index contributed by atoms with van der Waals surface area (Å²) in [6, 6.07) is 8.09. The zero-order valence-electron chi connectivity index (χ0n) is 10.1.